The van der Waals surface area contributed by atoms with Crippen LogP contribution in [0.5, 0.6) is 0 Å². The molecule has 3 rings (SSSR count). The van der Waals surface area contributed by atoms with Crippen LogP contribution in [-0.2, 0) is 11.3 Å². The molecular weight excluding hydrogens is 302 g/mol. The lowest BCUT2D eigenvalue weighted by Crippen LogP contribution is -2.35. The number of benzene rings is 1. The Balaban J connectivity index is 1.62. The van der Waals surface area contributed by atoms with Crippen LogP contribution in [0.3, 0.4) is 0 Å². The van der Waals surface area contributed by atoms with Crippen LogP contribution >= 0.6 is 0 Å². The minimum Gasteiger partial charge on any atom is -0.481 e. The number of nitrogens with zero attached hydrogens (tertiary/aromatic N) is 1. The number of likely N-dealkylation sites (tertiary alicyclic amines) is 1. The van der Waals surface area contributed by atoms with E-state index in [4.69, 9.17) is 4.42 Å². The third-order valence-electron chi connectivity index (χ3n) is 5.16. The fourth-order valence-electron chi connectivity index (χ4n) is 3.73. The van der Waals surface area contributed by atoms with Crippen molar-refractivity contribution in [3.05, 3.63) is 59.5 Å². The Hall–Kier alpha value is -2.07. The number of aliphatic carboxylic acids is 1. The van der Waals surface area contributed by atoms with E-state index in [9.17, 15) is 9.90 Å². The number of carboxylic acid groups (broad SMARTS) is 1. The third-order valence-corrected chi connectivity index (χ3v) is 5.16. The van der Waals surface area contributed by atoms with Crippen molar-refractivity contribution in [2.45, 2.75) is 38.6 Å². The summed E-state index contributed by atoms with van der Waals surface area (Å²) in [6.07, 6.45) is 4.03. The van der Waals surface area contributed by atoms with Crippen molar-refractivity contribution in [3.63, 3.8) is 0 Å². The maximum Gasteiger partial charge on any atom is 0.303 e. The van der Waals surface area contributed by atoms with Crippen molar-refractivity contribution in [3.8, 4) is 0 Å². The number of aryl methyl sites for hydroxylation is 1. The van der Waals surface area contributed by atoms with E-state index < -0.39 is 5.97 Å². The van der Waals surface area contributed by atoms with Crippen molar-refractivity contribution in [2.75, 3.05) is 13.1 Å². The van der Waals surface area contributed by atoms with Crippen molar-refractivity contribution < 1.29 is 14.3 Å². The van der Waals surface area contributed by atoms with Crippen molar-refractivity contribution in [2.24, 2.45) is 5.92 Å². The summed E-state index contributed by atoms with van der Waals surface area (Å²) in [7, 11) is 0. The van der Waals surface area contributed by atoms with E-state index in [-0.39, 0.29) is 12.3 Å². The first kappa shape index (κ1) is 16.8. The Morgan fingerprint density at radius 3 is 2.54 bits per heavy atom. The number of rotatable bonds is 6. The topological polar surface area (TPSA) is 53.7 Å². The van der Waals surface area contributed by atoms with Gasteiger partial charge in [-0.3, -0.25) is 9.69 Å². The fourth-order valence-corrected chi connectivity index (χ4v) is 3.73. The molecule has 0 spiro atoms. The molecule has 1 aliphatic rings. The number of carboxylic acids is 1. The van der Waals surface area contributed by atoms with Crippen LogP contribution < -0.4 is 0 Å². The van der Waals surface area contributed by atoms with E-state index in [0.717, 1.165) is 43.8 Å². The van der Waals surface area contributed by atoms with Gasteiger partial charge in [0, 0.05) is 0 Å². The molecular formula is C20H25NO3. The molecule has 24 heavy (non-hydrogen) atoms. The minimum atomic E-state index is -0.711. The summed E-state index contributed by atoms with van der Waals surface area (Å²) in [5, 5.41) is 9.31. The zero-order valence-corrected chi connectivity index (χ0v) is 14.1. The molecule has 1 atom stereocenters. The van der Waals surface area contributed by atoms with Crippen LogP contribution in [0.25, 0.3) is 0 Å². The lowest BCUT2D eigenvalue weighted by Gasteiger charge is -2.35. The lowest BCUT2D eigenvalue weighted by atomic mass is 9.78. The number of carbonyl (C=O) groups is 1. The van der Waals surface area contributed by atoms with E-state index >= 15 is 0 Å². The van der Waals surface area contributed by atoms with E-state index in [1.54, 1.807) is 6.26 Å². The molecule has 4 nitrogen and oxygen atoms in total. The number of hydrogen-bond donors (Lipinski definition) is 1. The smallest absolute Gasteiger partial charge is 0.303 e. The van der Waals surface area contributed by atoms with Crippen LogP contribution in [0.4, 0.5) is 0 Å². The van der Waals surface area contributed by atoms with Gasteiger partial charge in [-0.1, -0.05) is 30.3 Å². The van der Waals surface area contributed by atoms with Gasteiger partial charge in [-0.15, -0.1) is 0 Å². The minimum absolute atomic E-state index is 0.108. The van der Waals surface area contributed by atoms with E-state index in [1.807, 2.05) is 24.3 Å². The highest BCUT2D eigenvalue weighted by molar-refractivity contribution is 5.68. The SMILES string of the molecule is Cc1ccoc1CN1CCC(C(CC(=O)O)c2ccccc2)CC1. The van der Waals surface area contributed by atoms with Gasteiger partial charge in [0.15, 0.2) is 0 Å². The van der Waals surface area contributed by atoms with Gasteiger partial charge in [-0.2, -0.15) is 0 Å². The molecule has 0 aliphatic carbocycles. The summed E-state index contributed by atoms with van der Waals surface area (Å²) in [5.74, 6) is 0.865. The van der Waals surface area contributed by atoms with Crippen molar-refractivity contribution >= 4 is 5.97 Å². The molecule has 1 aliphatic heterocycles. The molecule has 4 heteroatoms. The Bertz CT molecular complexity index is 657. The molecule has 1 aromatic heterocycles. The third kappa shape index (κ3) is 4.06. The Labute approximate surface area is 143 Å². The summed E-state index contributed by atoms with van der Waals surface area (Å²) in [6, 6.07) is 12.1. The summed E-state index contributed by atoms with van der Waals surface area (Å²) in [4.78, 5) is 13.7. The van der Waals surface area contributed by atoms with Crippen molar-refractivity contribution in [1.29, 1.82) is 0 Å². The van der Waals surface area contributed by atoms with Crippen LogP contribution in [0, 0.1) is 12.8 Å². The zero-order valence-electron chi connectivity index (χ0n) is 14.1. The standard InChI is InChI=1S/C20H25NO3/c1-15-9-12-24-19(15)14-21-10-7-17(8-11-21)18(13-20(22)23)16-5-3-2-4-6-16/h2-6,9,12,17-18H,7-8,10-11,13-14H2,1H3,(H,22,23). The van der Waals surface area contributed by atoms with E-state index in [2.05, 4.69) is 24.0 Å². The number of hydrogen-bond acceptors (Lipinski definition) is 3. The lowest BCUT2D eigenvalue weighted by molar-refractivity contribution is -0.137. The molecule has 1 fully saturated rings. The van der Waals surface area contributed by atoms with Gasteiger partial charge in [0.25, 0.3) is 0 Å². The van der Waals surface area contributed by atoms with Gasteiger partial charge in [0.05, 0.1) is 19.2 Å². The molecule has 0 saturated carbocycles. The average Bonchev–Trinajstić information content (AvgIpc) is 2.99. The van der Waals surface area contributed by atoms with Crippen LogP contribution in [0.2, 0.25) is 0 Å². The molecule has 1 aromatic carbocycles. The fraction of sp³-hybridized carbons (Fsp3) is 0.450. The molecule has 2 aromatic rings. The first-order valence-corrected chi connectivity index (χ1v) is 8.65. The Kier molecular flexibility index (Phi) is 5.36. The molecule has 0 amide bonds. The maximum absolute atomic E-state index is 11.3. The molecule has 1 saturated heterocycles. The molecule has 128 valence electrons. The second-order valence-corrected chi connectivity index (χ2v) is 6.76. The van der Waals surface area contributed by atoms with Crippen molar-refractivity contribution in [1.82, 2.24) is 4.90 Å². The van der Waals surface area contributed by atoms with Crippen LogP contribution in [0.15, 0.2) is 47.1 Å². The quantitative estimate of drug-likeness (QED) is 0.869. The van der Waals surface area contributed by atoms with E-state index in [0.29, 0.717) is 5.92 Å². The molecule has 1 N–H and O–H groups in total. The van der Waals surface area contributed by atoms with Crippen LogP contribution in [-0.4, -0.2) is 29.1 Å². The molecule has 1 unspecified atom stereocenters. The monoisotopic (exact) mass is 327 g/mol. The Morgan fingerprint density at radius 1 is 1.25 bits per heavy atom. The van der Waals surface area contributed by atoms with Gasteiger partial charge in [-0.05, 0) is 61.9 Å². The van der Waals surface area contributed by atoms with Gasteiger partial charge in [0.1, 0.15) is 5.76 Å². The van der Waals surface area contributed by atoms with E-state index in [1.165, 1.54) is 5.56 Å². The first-order valence-electron chi connectivity index (χ1n) is 8.65. The number of piperidine rings is 1. The molecule has 2 heterocycles. The van der Waals surface area contributed by atoms with Gasteiger partial charge >= 0.3 is 5.97 Å². The molecule has 0 radical (unpaired) electrons. The average molecular weight is 327 g/mol. The summed E-state index contributed by atoms with van der Waals surface area (Å²) in [5.41, 5.74) is 2.35. The normalized spacial score (nSPS) is 17.7. The first-order chi connectivity index (χ1) is 11.6. The predicted molar refractivity (Wildman–Crippen MR) is 92.9 cm³/mol. The van der Waals surface area contributed by atoms with Crippen LogP contribution in [0.1, 0.15) is 42.1 Å². The number of furan rings is 1. The van der Waals surface area contributed by atoms with Gasteiger partial charge < -0.3 is 9.52 Å². The summed E-state index contributed by atoms with van der Waals surface area (Å²) in [6.45, 7) is 4.91. The highest BCUT2D eigenvalue weighted by Gasteiger charge is 2.29. The maximum atomic E-state index is 11.3. The highest BCUT2D eigenvalue weighted by Crippen LogP contribution is 2.35. The molecule has 0 bridgehead atoms. The summed E-state index contributed by atoms with van der Waals surface area (Å²) < 4.78 is 5.54. The largest absolute Gasteiger partial charge is 0.481 e. The van der Waals surface area contributed by atoms with Gasteiger partial charge in [0.2, 0.25) is 0 Å². The second-order valence-electron chi connectivity index (χ2n) is 6.76. The second kappa shape index (κ2) is 7.67. The zero-order chi connectivity index (χ0) is 16.9. The predicted octanol–water partition coefficient (Wildman–Crippen LogP) is 4.06. The summed E-state index contributed by atoms with van der Waals surface area (Å²) >= 11 is 0. The highest BCUT2D eigenvalue weighted by atomic mass is 16.4. The van der Waals surface area contributed by atoms with Gasteiger partial charge in [-0.25, -0.2) is 0 Å². The Morgan fingerprint density at radius 2 is 1.96 bits per heavy atom.